The number of aryl methyl sites for hydroxylation is 1. The summed E-state index contributed by atoms with van der Waals surface area (Å²) in [5, 5.41) is 0. The van der Waals surface area contributed by atoms with Gasteiger partial charge in [0.25, 0.3) is 11.8 Å². The third-order valence-corrected chi connectivity index (χ3v) is 6.29. The molecule has 1 saturated heterocycles. The number of benzene rings is 1. The molecule has 8 heteroatoms. The first-order chi connectivity index (χ1) is 15.9. The number of ketones is 1. The first-order valence-electron chi connectivity index (χ1n) is 11.3. The van der Waals surface area contributed by atoms with Gasteiger partial charge in [-0.05, 0) is 51.3 Å². The maximum absolute atomic E-state index is 12.6. The van der Waals surface area contributed by atoms with Crippen molar-refractivity contribution in [2.24, 2.45) is 0 Å². The molecule has 2 aromatic rings. The van der Waals surface area contributed by atoms with Crippen LogP contribution < -0.4 is 0 Å². The predicted octanol–water partition coefficient (Wildman–Crippen LogP) is 3.09. The summed E-state index contributed by atoms with van der Waals surface area (Å²) in [7, 11) is 0. The van der Waals surface area contributed by atoms with Crippen LogP contribution in [0.4, 0.5) is 0 Å². The molecular weight excluding hydrogens is 424 g/mol. The van der Waals surface area contributed by atoms with E-state index >= 15 is 0 Å². The van der Waals surface area contributed by atoms with E-state index < -0.39 is 5.97 Å². The van der Waals surface area contributed by atoms with E-state index in [1.165, 1.54) is 0 Å². The SMILES string of the molecule is Cc1cc(C(=O)COC(=O)CCCN2C(=O)c3ccccc3C2=O)c(C)n1C[C@H]1CCCO1. The molecule has 3 heterocycles. The Morgan fingerprint density at radius 2 is 1.82 bits per heavy atom. The van der Waals surface area contributed by atoms with Gasteiger partial charge in [-0.2, -0.15) is 0 Å². The number of fused-ring (bicyclic) bond motifs is 1. The molecule has 0 unspecified atom stereocenters. The molecule has 1 aromatic carbocycles. The van der Waals surface area contributed by atoms with Crippen molar-refractivity contribution in [1.82, 2.24) is 9.47 Å². The molecule has 8 nitrogen and oxygen atoms in total. The van der Waals surface area contributed by atoms with Gasteiger partial charge in [-0.25, -0.2) is 0 Å². The first kappa shape index (κ1) is 22.9. The van der Waals surface area contributed by atoms with Crippen molar-refractivity contribution in [3.63, 3.8) is 0 Å². The van der Waals surface area contributed by atoms with Gasteiger partial charge in [-0.1, -0.05) is 12.1 Å². The van der Waals surface area contributed by atoms with Crippen molar-refractivity contribution < 1.29 is 28.7 Å². The molecule has 2 aliphatic rings. The van der Waals surface area contributed by atoms with E-state index in [2.05, 4.69) is 4.57 Å². The molecule has 4 rings (SSSR count). The molecule has 1 fully saturated rings. The topological polar surface area (TPSA) is 94.9 Å². The van der Waals surface area contributed by atoms with Crippen molar-refractivity contribution in [3.05, 3.63) is 58.4 Å². The molecule has 0 aliphatic carbocycles. The van der Waals surface area contributed by atoms with Gasteiger partial charge in [0.1, 0.15) is 0 Å². The zero-order chi connectivity index (χ0) is 23.5. The quantitative estimate of drug-likeness (QED) is 0.330. The van der Waals surface area contributed by atoms with Gasteiger partial charge in [-0.3, -0.25) is 24.1 Å². The van der Waals surface area contributed by atoms with E-state index in [1.807, 2.05) is 19.9 Å². The minimum absolute atomic E-state index is 0.0126. The minimum Gasteiger partial charge on any atom is -0.457 e. The second-order valence-corrected chi connectivity index (χ2v) is 8.53. The summed E-state index contributed by atoms with van der Waals surface area (Å²) < 4.78 is 12.9. The van der Waals surface area contributed by atoms with Crippen LogP contribution in [0.3, 0.4) is 0 Å². The smallest absolute Gasteiger partial charge is 0.306 e. The summed E-state index contributed by atoms with van der Waals surface area (Å²) in [5.41, 5.74) is 3.12. The Morgan fingerprint density at radius 3 is 2.45 bits per heavy atom. The fourth-order valence-corrected chi connectivity index (χ4v) is 4.48. The zero-order valence-electron chi connectivity index (χ0n) is 19.0. The number of hydrogen-bond donors (Lipinski definition) is 0. The van der Waals surface area contributed by atoms with Crippen LogP contribution in [-0.2, 0) is 20.8 Å². The van der Waals surface area contributed by atoms with Crippen LogP contribution in [0.25, 0.3) is 0 Å². The number of aromatic nitrogens is 1. The van der Waals surface area contributed by atoms with Gasteiger partial charge in [0.15, 0.2) is 6.61 Å². The van der Waals surface area contributed by atoms with Crippen molar-refractivity contribution >= 4 is 23.6 Å². The molecule has 2 amide bonds. The average molecular weight is 453 g/mol. The Kier molecular flexibility index (Phi) is 6.74. The van der Waals surface area contributed by atoms with Crippen LogP contribution in [0, 0.1) is 13.8 Å². The molecule has 0 radical (unpaired) electrons. The number of rotatable bonds is 9. The van der Waals surface area contributed by atoms with E-state index in [0.29, 0.717) is 23.2 Å². The Morgan fingerprint density at radius 1 is 1.12 bits per heavy atom. The molecule has 0 spiro atoms. The largest absolute Gasteiger partial charge is 0.457 e. The number of hydrogen-bond acceptors (Lipinski definition) is 6. The highest BCUT2D eigenvalue weighted by atomic mass is 16.5. The van der Waals surface area contributed by atoms with E-state index in [4.69, 9.17) is 9.47 Å². The van der Waals surface area contributed by atoms with Crippen LogP contribution in [0.2, 0.25) is 0 Å². The Balaban J connectivity index is 1.24. The normalized spacial score (nSPS) is 17.5. The fourth-order valence-electron chi connectivity index (χ4n) is 4.48. The number of amides is 2. The zero-order valence-corrected chi connectivity index (χ0v) is 19.0. The van der Waals surface area contributed by atoms with Crippen LogP contribution in [-0.4, -0.2) is 58.9 Å². The molecule has 174 valence electrons. The number of Topliss-reactive ketones (excluding diaryl/α,β-unsaturated/α-hetero) is 1. The lowest BCUT2D eigenvalue weighted by molar-refractivity contribution is -0.142. The molecular formula is C25H28N2O6. The first-order valence-corrected chi connectivity index (χ1v) is 11.3. The minimum atomic E-state index is -0.534. The summed E-state index contributed by atoms with van der Waals surface area (Å²) in [6.07, 6.45) is 2.52. The summed E-state index contributed by atoms with van der Waals surface area (Å²) in [4.78, 5) is 50.6. The van der Waals surface area contributed by atoms with E-state index in [9.17, 15) is 19.2 Å². The second-order valence-electron chi connectivity index (χ2n) is 8.53. The molecule has 2 aliphatic heterocycles. The third kappa shape index (κ3) is 4.75. The van der Waals surface area contributed by atoms with Gasteiger partial charge >= 0.3 is 5.97 Å². The summed E-state index contributed by atoms with van der Waals surface area (Å²) in [6.45, 7) is 5.11. The number of esters is 1. The van der Waals surface area contributed by atoms with Gasteiger partial charge < -0.3 is 14.0 Å². The maximum atomic E-state index is 12.6. The average Bonchev–Trinajstić information content (AvgIpc) is 3.49. The van der Waals surface area contributed by atoms with Crippen LogP contribution in [0.15, 0.2) is 30.3 Å². The molecule has 0 bridgehead atoms. The van der Waals surface area contributed by atoms with Gasteiger partial charge in [0.2, 0.25) is 5.78 Å². The number of carbonyl (C=O) groups excluding carboxylic acids is 4. The van der Waals surface area contributed by atoms with E-state index in [1.54, 1.807) is 24.3 Å². The maximum Gasteiger partial charge on any atom is 0.306 e. The van der Waals surface area contributed by atoms with Crippen molar-refractivity contribution in [2.75, 3.05) is 19.8 Å². The number of ether oxygens (including phenoxy) is 2. The summed E-state index contributed by atoms with van der Waals surface area (Å²) >= 11 is 0. The lowest BCUT2D eigenvalue weighted by Crippen LogP contribution is -2.31. The van der Waals surface area contributed by atoms with Gasteiger partial charge in [0.05, 0.1) is 17.2 Å². The lowest BCUT2D eigenvalue weighted by Gasteiger charge is -2.15. The highest BCUT2D eigenvalue weighted by molar-refractivity contribution is 6.21. The van der Waals surface area contributed by atoms with Crippen LogP contribution in [0.1, 0.15) is 68.1 Å². The van der Waals surface area contributed by atoms with Crippen molar-refractivity contribution in [2.45, 2.75) is 52.2 Å². The Hall–Kier alpha value is -3.26. The highest BCUT2D eigenvalue weighted by Gasteiger charge is 2.34. The van der Waals surface area contributed by atoms with E-state index in [-0.39, 0.29) is 49.7 Å². The standard InChI is InChI=1S/C25H28N2O6/c1-16-13-21(17(2)27(16)14-18-7-6-12-32-18)22(28)15-33-23(29)10-5-11-26-24(30)19-8-3-4-9-20(19)25(26)31/h3-4,8-9,13,18H,5-7,10-12,14-15H2,1-2H3/t18-/m1/s1. The van der Waals surface area contributed by atoms with Crippen molar-refractivity contribution in [1.29, 1.82) is 0 Å². The third-order valence-electron chi connectivity index (χ3n) is 6.29. The fraction of sp³-hybridized carbons (Fsp3) is 0.440. The summed E-state index contributed by atoms with van der Waals surface area (Å²) in [6, 6.07) is 8.48. The second kappa shape index (κ2) is 9.70. The summed E-state index contributed by atoms with van der Waals surface area (Å²) in [5.74, 6) is -1.49. The molecule has 1 atom stereocenters. The van der Waals surface area contributed by atoms with Gasteiger partial charge in [-0.15, -0.1) is 0 Å². The van der Waals surface area contributed by atoms with Crippen LogP contribution in [0.5, 0.6) is 0 Å². The molecule has 0 N–H and O–H groups in total. The Bertz CT molecular complexity index is 1060. The molecule has 33 heavy (non-hydrogen) atoms. The van der Waals surface area contributed by atoms with E-state index in [0.717, 1.165) is 35.7 Å². The monoisotopic (exact) mass is 452 g/mol. The lowest BCUT2D eigenvalue weighted by atomic mass is 10.1. The van der Waals surface area contributed by atoms with Gasteiger partial charge in [0, 0.05) is 43.1 Å². The predicted molar refractivity (Wildman–Crippen MR) is 119 cm³/mol. The highest BCUT2D eigenvalue weighted by Crippen LogP contribution is 2.23. The number of imide groups is 1. The molecule has 1 aromatic heterocycles. The number of carbonyl (C=O) groups is 4. The van der Waals surface area contributed by atoms with Crippen LogP contribution >= 0.6 is 0 Å². The van der Waals surface area contributed by atoms with Crippen molar-refractivity contribution in [3.8, 4) is 0 Å². The Labute approximate surface area is 192 Å². The molecule has 0 saturated carbocycles. The number of nitrogens with zero attached hydrogens (tertiary/aromatic N) is 2.